The monoisotopic (exact) mass is 323 g/mol. The fourth-order valence-electron chi connectivity index (χ4n) is 1.85. The molecule has 0 saturated heterocycles. The second kappa shape index (κ2) is 7.61. The SMILES string of the molecule is CCCNc1cc(N(C)Cc2csc(C)n2)nc(SC)n1. The van der Waals surface area contributed by atoms with Crippen LogP contribution >= 0.6 is 23.1 Å². The Kier molecular flexibility index (Phi) is 5.81. The zero-order valence-corrected chi connectivity index (χ0v) is 14.5. The van der Waals surface area contributed by atoms with Crippen LogP contribution in [-0.2, 0) is 6.54 Å². The van der Waals surface area contributed by atoms with Crippen LogP contribution in [0.3, 0.4) is 0 Å². The molecule has 2 rings (SSSR count). The molecule has 0 atom stereocenters. The maximum absolute atomic E-state index is 4.58. The average molecular weight is 323 g/mol. The first kappa shape index (κ1) is 16.0. The van der Waals surface area contributed by atoms with Crippen molar-refractivity contribution in [3.8, 4) is 0 Å². The first-order valence-electron chi connectivity index (χ1n) is 6.91. The molecule has 0 bridgehead atoms. The van der Waals surface area contributed by atoms with E-state index in [-0.39, 0.29) is 0 Å². The molecular weight excluding hydrogens is 302 g/mol. The van der Waals surface area contributed by atoms with Crippen molar-refractivity contribution in [1.82, 2.24) is 15.0 Å². The molecule has 2 aromatic heterocycles. The van der Waals surface area contributed by atoms with Gasteiger partial charge in [0.05, 0.1) is 17.2 Å². The Morgan fingerprint density at radius 1 is 1.33 bits per heavy atom. The third-order valence-electron chi connectivity index (χ3n) is 2.89. The molecule has 21 heavy (non-hydrogen) atoms. The van der Waals surface area contributed by atoms with E-state index in [0.29, 0.717) is 0 Å². The van der Waals surface area contributed by atoms with Crippen LogP contribution in [0.2, 0.25) is 0 Å². The molecule has 0 amide bonds. The fourth-order valence-corrected chi connectivity index (χ4v) is 2.83. The van der Waals surface area contributed by atoms with Crippen molar-refractivity contribution in [3.63, 3.8) is 0 Å². The van der Waals surface area contributed by atoms with Crippen LogP contribution in [0.25, 0.3) is 0 Å². The zero-order chi connectivity index (χ0) is 15.2. The van der Waals surface area contributed by atoms with Crippen LogP contribution in [0.4, 0.5) is 11.6 Å². The van der Waals surface area contributed by atoms with Gasteiger partial charge in [0.1, 0.15) is 11.6 Å². The van der Waals surface area contributed by atoms with Crippen molar-refractivity contribution >= 4 is 34.7 Å². The molecule has 2 aromatic rings. The predicted octanol–water partition coefficient (Wildman–Crippen LogP) is 3.42. The third kappa shape index (κ3) is 4.57. The number of nitrogens with one attached hydrogen (secondary N) is 1. The van der Waals surface area contributed by atoms with Crippen molar-refractivity contribution in [2.75, 3.05) is 30.1 Å². The normalized spacial score (nSPS) is 10.7. The van der Waals surface area contributed by atoms with Gasteiger partial charge >= 0.3 is 0 Å². The summed E-state index contributed by atoms with van der Waals surface area (Å²) in [6, 6.07) is 1.99. The maximum Gasteiger partial charge on any atom is 0.191 e. The van der Waals surface area contributed by atoms with Crippen LogP contribution in [0.1, 0.15) is 24.0 Å². The molecule has 5 nitrogen and oxygen atoms in total. The number of hydrogen-bond donors (Lipinski definition) is 1. The van der Waals surface area contributed by atoms with E-state index in [9.17, 15) is 0 Å². The Morgan fingerprint density at radius 3 is 2.76 bits per heavy atom. The predicted molar refractivity (Wildman–Crippen MR) is 91.6 cm³/mol. The summed E-state index contributed by atoms with van der Waals surface area (Å²) in [7, 11) is 2.03. The van der Waals surface area contributed by atoms with Crippen molar-refractivity contribution in [2.45, 2.75) is 32.0 Å². The van der Waals surface area contributed by atoms with Crippen molar-refractivity contribution in [2.24, 2.45) is 0 Å². The standard InChI is InChI=1S/C14H21N5S2/c1-5-6-15-12-7-13(18-14(17-12)20-4)19(3)8-11-9-21-10(2)16-11/h7,9H,5-6,8H2,1-4H3,(H,15,17,18). The highest BCUT2D eigenvalue weighted by Gasteiger charge is 2.10. The van der Waals surface area contributed by atoms with Crippen LogP contribution in [-0.4, -0.2) is 34.8 Å². The second-order valence-electron chi connectivity index (χ2n) is 4.74. The highest BCUT2D eigenvalue weighted by atomic mass is 32.2. The average Bonchev–Trinajstić information content (AvgIpc) is 2.89. The first-order chi connectivity index (χ1) is 10.1. The summed E-state index contributed by atoms with van der Waals surface area (Å²) >= 11 is 3.23. The Hall–Kier alpha value is -1.34. The molecule has 0 spiro atoms. The minimum atomic E-state index is 0.752. The van der Waals surface area contributed by atoms with Gasteiger partial charge in [0.15, 0.2) is 5.16 Å². The van der Waals surface area contributed by atoms with Crippen molar-refractivity contribution in [3.05, 3.63) is 22.1 Å². The van der Waals surface area contributed by atoms with Crippen molar-refractivity contribution < 1.29 is 0 Å². The number of hydrogen-bond acceptors (Lipinski definition) is 7. The van der Waals surface area contributed by atoms with Gasteiger partial charge in [-0.1, -0.05) is 18.7 Å². The van der Waals surface area contributed by atoms with Gasteiger partial charge in [-0.2, -0.15) is 0 Å². The Morgan fingerprint density at radius 2 is 2.14 bits per heavy atom. The van der Waals surface area contributed by atoms with Gasteiger partial charge in [0, 0.05) is 25.0 Å². The summed E-state index contributed by atoms with van der Waals surface area (Å²) in [5.74, 6) is 1.80. The molecule has 0 fully saturated rings. The fraction of sp³-hybridized carbons (Fsp3) is 0.500. The summed E-state index contributed by atoms with van der Waals surface area (Å²) in [6.45, 7) is 5.83. The van der Waals surface area contributed by atoms with E-state index in [0.717, 1.165) is 47.0 Å². The van der Waals surface area contributed by atoms with Gasteiger partial charge in [-0.05, 0) is 19.6 Å². The zero-order valence-electron chi connectivity index (χ0n) is 12.9. The molecule has 0 saturated carbocycles. The Balaban J connectivity index is 2.16. The summed E-state index contributed by atoms with van der Waals surface area (Å²) in [4.78, 5) is 15.7. The third-order valence-corrected chi connectivity index (χ3v) is 4.26. The number of thiazole rings is 1. The summed E-state index contributed by atoms with van der Waals surface area (Å²) in [5.41, 5.74) is 1.08. The summed E-state index contributed by atoms with van der Waals surface area (Å²) < 4.78 is 0. The minimum absolute atomic E-state index is 0.752. The molecule has 0 aliphatic rings. The van der Waals surface area contributed by atoms with Crippen LogP contribution in [0.15, 0.2) is 16.6 Å². The van der Waals surface area contributed by atoms with Crippen molar-refractivity contribution in [1.29, 1.82) is 0 Å². The highest BCUT2D eigenvalue weighted by molar-refractivity contribution is 7.98. The molecule has 0 aliphatic carbocycles. The second-order valence-corrected chi connectivity index (χ2v) is 6.57. The van der Waals surface area contributed by atoms with Gasteiger partial charge in [0.2, 0.25) is 0 Å². The number of aromatic nitrogens is 3. The number of anilines is 2. The first-order valence-corrected chi connectivity index (χ1v) is 9.02. The van der Waals surface area contributed by atoms with Gasteiger partial charge in [0.25, 0.3) is 0 Å². The topological polar surface area (TPSA) is 53.9 Å². The lowest BCUT2D eigenvalue weighted by molar-refractivity contribution is 0.837. The largest absolute Gasteiger partial charge is 0.370 e. The van der Waals surface area contributed by atoms with E-state index in [4.69, 9.17) is 0 Å². The smallest absolute Gasteiger partial charge is 0.191 e. The highest BCUT2D eigenvalue weighted by Crippen LogP contribution is 2.21. The lowest BCUT2D eigenvalue weighted by Crippen LogP contribution is -2.19. The maximum atomic E-state index is 4.58. The lowest BCUT2D eigenvalue weighted by Gasteiger charge is -2.18. The van der Waals surface area contributed by atoms with E-state index in [2.05, 4.69) is 37.5 Å². The minimum Gasteiger partial charge on any atom is -0.370 e. The van der Waals surface area contributed by atoms with E-state index in [1.165, 1.54) is 0 Å². The number of rotatable bonds is 7. The number of nitrogens with zero attached hydrogens (tertiary/aromatic N) is 4. The van der Waals surface area contributed by atoms with E-state index in [1.54, 1.807) is 23.1 Å². The van der Waals surface area contributed by atoms with Gasteiger partial charge in [-0.15, -0.1) is 11.3 Å². The van der Waals surface area contributed by atoms with Crippen LogP contribution < -0.4 is 10.2 Å². The summed E-state index contributed by atoms with van der Waals surface area (Å²) in [5, 5.41) is 7.30. The molecular formula is C14H21N5S2. The Labute approximate surface area is 134 Å². The van der Waals surface area contributed by atoms with Crippen LogP contribution in [0, 0.1) is 6.92 Å². The van der Waals surface area contributed by atoms with E-state index < -0.39 is 0 Å². The van der Waals surface area contributed by atoms with E-state index in [1.807, 2.05) is 26.3 Å². The quantitative estimate of drug-likeness (QED) is 0.622. The molecule has 114 valence electrons. The molecule has 2 heterocycles. The molecule has 1 N–H and O–H groups in total. The molecule has 0 radical (unpaired) electrons. The Bertz CT molecular complexity index is 584. The van der Waals surface area contributed by atoms with Crippen LogP contribution in [0.5, 0.6) is 0 Å². The van der Waals surface area contributed by atoms with Gasteiger partial charge in [-0.25, -0.2) is 15.0 Å². The molecule has 0 aromatic carbocycles. The number of aryl methyl sites for hydroxylation is 1. The lowest BCUT2D eigenvalue weighted by atomic mass is 10.4. The summed E-state index contributed by atoms with van der Waals surface area (Å²) in [6.07, 6.45) is 3.06. The molecule has 0 aliphatic heterocycles. The number of thioether (sulfide) groups is 1. The van der Waals surface area contributed by atoms with Gasteiger partial charge < -0.3 is 10.2 Å². The molecule has 7 heteroatoms. The van der Waals surface area contributed by atoms with Gasteiger partial charge in [-0.3, -0.25) is 0 Å². The van der Waals surface area contributed by atoms with E-state index >= 15 is 0 Å². The molecule has 0 unspecified atom stereocenters.